The monoisotopic (exact) mass is 494 g/mol. The third-order valence-electron chi connectivity index (χ3n) is 7.52. The third-order valence-corrected chi connectivity index (χ3v) is 7.52. The maximum Gasteiger partial charge on any atom is 0.410 e. The first kappa shape index (κ1) is 24.7. The van der Waals surface area contributed by atoms with E-state index in [-0.39, 0.29) is 17.6 Å². The zero-order valence-electron chi connectivity index (χ0n) is 20.9. The van der Waals surface area contributed by atoms with Gasteiger partial charge >= 0.3 is 6.09 Å². The third kappa shape index (κ3) is 5.42. The predicted molar refractivity (Wildman–Crippen MR) is 125 cm³/mol. The van der Waals surface area contributed by atoms with Crippen LogP contribution in [0, 0.1) is 17.6 Å². The van der Waals surface area contributed by atoms with Crippen molar-refractivity contribution in [1.82, 2.24) is 9.80 Å². The van der Waals surface area contributed by atoms with E-state index in [2.05, 4.69) is 4.90 Å². The Balaban J connectivity index is 1.14. The number of carbonyl (C=O) groups is 1. The minimum Gasteiger partial charge on any atom is -0.493 e. The van der Waals surface area contributed by atoms with Crippen molar-refractivity contribution in [1.29, 1.82) is 0 Å². The molecule has 9 heteroatoms. The predicted octanol–water partition coefficient (Wildman–Crippen LogP) is 3.95. The van der Waals surface area contributed by atoms with Gasteiger partial charge in [0.15, 0.2) is 11.6 Å². The first-order valence-corrected chi connectivity index (χ1v) is 12.7. The van der Waals surface area contributed by atoms with Crippen LogP contribution in [0.25, 0.3) is 0 Å². The van der Waals surface area contributed by atoms with Crippen molar-refractivity contribution < 1.29 is 32.5 Å². The van der Waals surface area contributed by atoms with Crippen molar-refractivity contribution in [2.45, 2.75) is 63.2 Å². The van der Waals surface area contributed by atoms with Crippen LogP contribution >= 0.6 is 0 Å². The second-order valence-electron chi connectivity index (χ2n) is 11.5. The Labute approximate surface area is 205 Å². The van der Waals surface area contributed by atoms with Crippen molar-refractivity contribution in [3.63, 3.8) is 0 Å². The van der Waals surface area contributed by atoms with Gasteiger partial charge in [0, 0.05) is 23.6 Å². The average Bonchev–Trinajstić information content (AvgIpc) is 3.19. The molecule has 4 fully saturated rings. The average molecular weight is 495 g/mol. The highest BCUT2D eigenvalue weighted by Gasteiger charge is 2.53. The van der Waals surface area contributed by atoms with Gasteiger partial charge in [-0.1, -0.05) is 0 Å². The number of likely N-dealkylation sites (tertiary alicyclic amines) is 2. The van der Waals surface area contributed by atoms with E-state index in [0.29, 0.717) is 57.2 Å². The summed E-state index contributed by atoms with van der Waals surface area (Å²) in [7, 11) is 0. The topological polar surface area (TPSA) is 60.5 Å². The fraction of sp³-hybridized carbons (Fsp3) is 0.731. The largest absolute Gasteiger partial charge is 0.493 e. The number of nitrogens with zero attached hydrogens (tertiary/aromatic N) is 2. The fourth-order valence-corrected chi connectivity index (χ4v) is 5.53. The number of ether oxygens (including phenoxy) is 4. The van der Waals surface area contributed by atoms with Crippen LogP contribution in [-0.4, -0.2) is 85.7 Å². The van der Waals surface area contributed by atoms with Crippen LogP contribution in [0.1, 0.15) is 51.5 Å². The van der Waals surface area contributed by atoms with Gasteiger partial charge in [0.2, 0.25) is 0 Å². The highest BCUT2D eigenvalue weighted by atomic mass is 19.2. The fourth-order valence-electron chi connectivity index (χ4n) is 5.53. The first-order chi connectivity index (χ1) is 16.6. The van der Waals surface area contributed by atoms with Crippen molar-refractivity contribution in [2.75, 3.05) is 52.6 Å². The Bertz CT molecular complexity index is 934. The molecule has 1 amide bonds. The van der Waals surface area contributed by atoms with Crippen molar-refractivity contribution in [2.24, 2.45) is 5.92 Å². The SMILES string of the molecule is CC(C)(C)OC(=O)N1CC2(C[C@H](N3CCC(c4cc(F)c(F)cc4OCC4COC4)CC3)CO2)C1. The summed E-state index contributed by atoms with van der Waals surface area (Å²) in [5.41, 5.74) is -0.0206. The summed E-state index contributed by atoms with van der Waals surface area (Å²) in [6.45, 7) is 10.9. The number of benzene rings is 1. The van der Waals surface area contributed by atoms with Gasteiger partial charge in [-0.05, 0) is 65.1 Å². The zero-order valence-corrected chi connectivity index (χ0v) is 20.9. The lowest BCUT2D eigenvalue weighted by molar-refractivity contribution is -0.109. The Morgan fingerprint density at radius 1 is 1.11 bits per heavy atom. The van der Waals surface area contributed by atoms with E-state index in [9.17, 15) is 13.6 Å². The van der Waals surface area contributed by atoms with Gasteiger partial charge in [0.25, 0.3) is 0 Å². The molecule has 35 heavy (non-hydrogen) atoms. The minimum atomic E-state index is -0.875. The summed E-state index contributed by atoms with van der Waals surface area (Å²) in [6.07, 6.45) is 2.30. The molecule has 0 N–H and O–H groups in total. The molecule has 4 heterocycles. The van der Waals surface area contributed by atoms with E-state index in [1.807, 2.05) is 20.8 Å². The molecule has 1 atom stereocenters. The molecule has 4 aliphatic rings. The lowest BCUT2D eigenvalue weighted by Crippen LogP contribution is -2.64. The molecule has 1 spiro atoms. The summed E-state index contributed by atoms with van der Waals surface area (Å²) in [5, 5.41) is 0. The van der Waals surface area contributed by atoms with Gasteiger partial charge < -0.3 is 23.8 Å². The summed E-state index contributed by atoms with van der Waals surface area (Å²) in [4.78, 5) is 16.4. The molecular formula is C26H36F2N2O5. The summed E-state index contributed by atoms with van der Waals surface area (Å²) in [5.74, 6) is -0.816. The second kappa shape index (κ2) is 9.48. The molecular weight excluding hydrogens is 458 g/mol. The Morgan fingerprint density at radius 3 is 2.43 bits per heavy atom. The molecule has 5 rings (SSSR count). The van der Waals surface area contributed by atoms with Crippen LogP contribution in [0.5, 0.6) is 5.75 Å². The normalized spacial score (nSPS) is 25.4. The lowest BCUT2D eigenvalue weighted by Gasteiger charge is -2.47. The van der Waals surface area contributed by atoms with E-state index >= 15 is 0 Å². The number of halogens is 2. The van der Waals surface area contributed by atoms with Gasteiger partial charge in [-0.15, -0.1) is 0 Å². The second-order valence-corrected chi connectivity index (χ2v) is 11.5. The van der Waals surface area contributed by atoms with E-state index < -0.39 is 17.2 Å². The van der Waals surface area contributed by atoms with Crippen molar-refractivity contribution >= 4 is 6.09 Å². The molecule has 0 bridgehead atoms. The van der Waals surface area contributed by atoms with Crippen LogP contribution in [0.2, 0.25) is 0 Å². The Kier molecular flexibility index (Phi) is 6.70. The molecule has 4 aliphatic heterocycles. The maximum absolute atomic E-state index is 14.1. The zero-order chi connectivity index (χ0) is 24.8. The van der Waals surface area contributed by atoms with E-state index in [1.165, 1.54) is 12.1 Å². The molecule has 0 saturated carbocycles. The smallest absolute Gasteiger partial charge is 0.410 e. The van der Waals surface area contributed by atoms with E-state index in [0.717, 1.165) is 37.9 Å². The van der Waals surface area contributed by atoms with Crippen LogP contribution in [0.15, 0.2) is 12.1 Å². The summed E-state index contributed by atoms with van der Waals surface area (Å²) < 4.78 is 50.8. The molecule has 0 unspecified atom stereocenters. The molecule has 194 valence electrons. The molecule has 1 aromatic rings. The van der Waals surface area contributed by atoms with Crippen LogP contribution in [0.3, 0.4) is 0 Å². The number of amides is 1. The molecule has 1 aromatic carbocycles. The quantitative estimate of drug-likeness (QED) is 0.618. The van der Waals surface area contributed by atoms with Crippen LogP contribution < -0.4 is 4.74 Å². The van der Waals surface area contributed by atoms with Gasteiger partial charge in [-0.3, -0.25) is 4.90 Å². The van der Waals surface area contributed by atoms with Gasteiger partial charge in [0.1, 0.15) is 17.0 Å². The minimum absolute atomic E-state index is 0.122. The highest BCUT2D eigenvalue weighted by molar-refractivity contribution is 5.69. The number of piperidine rings is 1. The maximum atomic E-state index is 14.1. The number of hydrogen-bond donors (Lipinski definition) is 0. The Morgan fingerprint density at radius 2 is 1.80 bits per heavy atom. The van der Waals surface area contributed by atoms with Crippen molar-refractivity contribution in [3.05, 3.63) is 29.3 Å². The summed E-state index contributed by atoms with van der Waals surface area (Å²) >= 11 is 0. The van der Waals surface area contributed by atoms with E-state index in [1.54, 1.807) is 4.90 Å². The molecule has 0 aliphatic carbocycles. The molecule has 0 aromatic heterocycles. The number of rotatable bonds is 5. The van der Waals surface area contributed by atoms with Crippen molar-refractivity contribution in [3.8, 4) is 5.75 Å². The van der Waals surface area contributed by atoms with E-state index in [4.69, 9.17) is 18.9 Å². The highest BCUT2D eigenvalue weighted by Crippen LogP contribution is 2.41. The Hall–Kier alpha value is -1.97. The van der Waals surface area contributed by atoms with Gasteiger partial charge in [-0.25, -0.2) is 13.6 Å². The van der Waals surface area contributed by atoms with Crippen LogP contribution in [0.4, 0.5) is 13.6 Å². The summed E-state index contributed by atoms with van der Waals surface area (Å²) in [6, 6.07) is 2.81. The molecule has 0 radical (unpaired) electrons. The van der Waals surface area contributed by atoms with Gasteiger partial charge in [-0.2, -0.15) is 0 Å². The number of carbonyl (C=O) groups excluding carboxylic acids is 1. The number of hydrogen-bond acceptors (Lipinski definition) is 6. The molecule has 4 saturated heterocycles. The van der Waals surface area contributed by atoms with Crippen LogP contribution in [-0.2, 0) is 14.2 Å². The standard InChI is InChI=1S/C26H36F2N2O5/c1-25(2,3)35-24(31)30-15-26(16-30)10-19(14-34-26)29-6-4-18(5-7-29)20-8-21(27)22(28)9-23(20)33-13-17-11-32-12-17/h8-9,17-19H,4-7,10-16H2,1-3H3/t19-/m0/s1. The molecule has 7 nitrogen and oxygen atoms in total. The first-order valence-electron chi connectivity index (χ1n) is 12.7. The lowest BCUT2D eigenvalue weighted by atomic mass is 9.86. The van der Waals surface area contributed by atoms with Gasteiger partial charge in [0.05, 0.1) is 39.5 Å².